The lowest BCUT2D eigenvalue weighted by atomic mass is 9.80. The fraction of sp³-hybridized carbons (Fsp3) is 0.407. The maximum Gasteiger partial charge on any atom is 0.225 e. The summed E-state index contributed by atoms with van der Waals surface area (Å²) in [7, 11) is 0. The van der Waals surface area contributed by atoms with Gasteiger partial charge in [0.15, 0.2) is 11.6 Å². The van der Waals surface area contributed by atoms with Gasteiger partial charge < -0.3 is 4.42 Å². The Morgan fingerprint density at radius 1 is 1.06 bits per heavy atom. The highest BCUT2D eigenvalue weighted by atomic mass is 16.3. The minimum absolute atomic E-state index is 0.0154. The molecule has 0 spiro atoms. The van der Waals surface area contributed by atoms with Crippen molar-refractivity contribution in [3.63, 3.8) is 0 Å². The lowest BCUT2D eigenvalue weighted by molar-refractivity contribution is -0.117. The lowest BCUT2D eigenvalue weighted by Gasteiger charge is -2.41. The predicted octanol–water partition coefficient (Wildman–Crippen LogP) is 6.93. The quantitative estimate of drug-likeness (QED) is 0.352. The van der Waals surface area contributed by atoms with Gasteiger partial charge in [0.2, 0.25) is 5.91 Å². The Kier molecular flexibility index (Phi) is 5.19. The number of fused-ring (bicyclic) bond motifs is 2. The van der Waals surface area contributed by atoms with E-state index >= 15 is 0 Å². The molecule has 0 saturated heterocycles. The molecule has 0 aliphatic rings. The number of hydrogen-bond acceptors (Lipinski definition) is 3. The molecule has 32 heavy (non-hydrogen) atoms. The zero-order valence-corrected chi connectivity index (χ0v) is 20.4. The third kappa shape index (κ3) is 3.92. The Balaban J connectivity index is 2.05. The summed E-state index contributed by atoms with van der Waals surface area (Å²) in [4.78, 5) is 20.1. The van der Waals surface area contributed by atoms with Crippen molar-refractivity contribution in [1.29, 1.82) is 0 Å². The molecule has 5 heteroatoms. The van der Waals surface area contributed by atoms with E-state index in [0.29, 0.717) is 11.5 Å². The van der Waals surface area contributed by atoms with Crippen LogP contribution < -0.4 is 4.90 Å². The van der Waals surface area contributed by atoms with Crippen molar-refractivity contribution in [2.24, 2.45) is 5.41 Å². The highest BCUT2D eigenvalue weighted by Crippen LogP contribution is 2.41. The second kappa shape index (κ2) is 7.51. The summed E-state index contributed by atoms with van der Waals surface area (Å²) >= 11 is 0. The topological polar surface area (TPSA) is 50.8 Å². The first-order valence-electron chi connectivity index (χ1n) is 11.2. The summed E-state index contributed by atoms with van der Waals surface area (Å²) < 4.78 is 8.31. The summed E-state index contributed by atoms with van der Waals surface area (Å²) in [5.74, 6) is 1.41. The number of aryl methyl sites for hydroxylation is 2. The van der Waals surface area contributed by atoms with Crippen LogP contribution in [0.25, 0.3) is 28.1 Å². The highest BCUT2D eigenvalue weighted by molar-refractivity contribution is 5.97. The Morgan fingerprint density at radius 2 is 1.75 bits per heavy atom. The average Bonchev–Trinajstić information content (AvgIpc) is 3.20. The third-order valence-corrected chi connectivity index (χ3v) is 5.78. The normalized spacial score (nSPS) is 12.6. The van der Waals surface area contributed by atoms with Crippen molar-refractivity contribution in [1.82, 2.24) is 9.38 Å². The first-order chi connectivity index (χ1) is 14.9. The van der Waals surface area contributed by atoms with E-state index in [1.165, 1.54) is 0 Å². The van der Waals surface area contributed by atoms with Crippen LogP contribution in [-0.4, -0.2) is 20.8 Å². The Bertz CT molecular complexity index is 1290. The van der Waals surface area contributed by atoms with E-state index in [2.05, 4.69) is 65.0 Å². The van der Waals surface area contributed by atoms with E-state index in [1.54, 1.807) is 6.92 Å². The molecule has 0 aliphatic heterocycles. The molecule has 4 rings (SSSR count). The fourth-order valence-electron chi connectivity index (χ4n) is 5.22. The number of hydrogen-bond donors (Lipinski definition) is 0. The van der Waals surface area contributed by atoms with Crippen LogP contribution in [0, 0.1) is 19.3 Å². The van der Waals surface area contributed by atoms with Crippen molar-refractivity contribution in [3.05, 3.63) is 53.7 Å². The average molecular weight is 432 g/mol. The smallest absolute Gasteiger partial charge is 0.225 e. The van der Waals surface area contributed by atoms with Crippen molar-refractivity contribution in [2.75, 3.05) is 4.90 Å². The molecule has 3 aromatic heterocycles. The van der Waals surface area contributed by atoms with Crippen LogP contribution >= 0.6 is 0 Å². The minimum Gasteiger partial charge on any atom is -0.454 e. The molecule has 0 radical (unpaired) electrons. The zero-order chi connectivity index (χ0) is 23.4. The molecule has 4 aromatic rings. The van der Waals surface area contributed by atoms with Gasteiger partial charge in [0, 0.05) is 23.5 Å². The van der Waals surface area contributed by atoms with Gasteiger partial charge in [-0.1, -0.05) is 39.0 Å². The number of nitrogens with zero attached hydrogens (tertiary/aromatic N) is 3. The van der Waals surface area contributed by atoms with Gasteiger partial charge in [-0.2, -0.15) is 0 Å². The number of carbonyl (C=O) groups excluding carboxylic acids is 1. The molecule has 1 amide bonds. The number of rotatable bonds is 4. The van der Waals surface area contributed by atoms with E-state index in [0.717, 1.165) is 40.1 Å². The minimum atomic E-state index is -0.432. The van der Waals surface area contributed by atoms with E-state index in [1.807, 2.05) is 35.2 Å². The maximum atomic E-state index is 13.2. The van der Waals surface area contributed by atoms with Gasteiger partial charge >= 0.3 is 0 Å². The number of furan rings is 1. The molecular formula is C27H33N3O2. The van der Waals surface area contributed by atoms with Crippen molar-refractivity contribution in [3.8, 4) is 11.5 Å². The van der Waals surface area contributed by atoms with E-state index < -0.39 is 5.54 Å². The van der Waals surface area contributed by atoms with Crippen LogP contribution in [0.5, 0.6) is 0 Å². The summed E-state index contributed by atoms with van der Waals surface area (Å²) in [6.07, 6.45) is 0.831. The number of benzene rings is 1. The van der Waals surface area contributed by atoms with Gasteiger partial charge in [-0.25, -0.2) is 4.98 Å². The van der Waals surface area contributed by atoms with Gasteiger partial charge in [0.25, 0.3) is 0 Å². The molecule has 0 atom stereocenters. The predicted molar refractivity (Wildman–Crippen MR) is 131 cm³/mol. The van der Waals surface area contributed by atoms with E-state index in [9.17, 15) is 4.79 Å². The van der Waals surface area contributed by atoms with E-state index in [4.69, 9.17) is 9.40 Å². The molecule has 0 unspecified atom stereocenters. The molecule has 0 N–H and O–H groups in total. The van der Waals surface area contributed by atoms with Crippen LogP contribution in [0.3, 0.4) is 0 Å². The van der Waals surface area contributed by atoms with Crippen LogP contribution in [0.2, 0.25) is 0 Å². The second-order valence-electron chi connectivity index (χ2n) is 10.7. The lowest BCUT2D eigenvalue weighted by Crippen LogP contribution is -2.50. The number of pyridine rings is 1. The summed E-state index contributed by atoms with van der Waals surface area (Å²) in [6.45, 7) is 16.6. The summed E-state index contributed by atoms with van der Waals surface area (Å²) in [6, 6.07) is 14.1. The highest BCUT2D eigenvalue weighted by Gasteiger charge is 2.38. The number of aromatic nitrogens is 2. The maximum absolute atomic E-state index is 13.2. The molecule has 0 saturated carbocycles. The third-order valence-electron chi connectivity index (χ3n) is 5.78. The van der Waals surface area contributed by atoms with Gasteiger partial charge in [-0.15, -0.1) is 0 Å². The van der Waals surface area contributed by atoms with Crippen LogP contribution in [0.15, 0.2) is 46.9 Å². The SMILES string of the molecule is CC(=O)N(c1c(-c2cc3ccccc3o2)nc2cc(C)cc(C)n12)C(C)(C)CC(C)(C)C. The summed E-state index contributed by atoms with van der Waals surface area (Å²) in [5.41, 5.74) is 4.08. The Hall–Kier alpha value is -3.08. The number of amides is 1. The van der Waals surface area contributed by atoms with Crippen LogP contribution in [0.1, 0.15) is 59.2 Å². The zero-order valence-electron chi connectivity index (χ0n) is 20.4. The fourth-order valence-corrected chi connectivity index (χ4v) is 5.22. The first-order valence-corrected chi connectivity index (χ1v) is 11.2. The standard InChI is InChI=1S/C27H33N3O2/c1-17-13-18(2)29-23(14-17)28-24(22-15-20-11-9-10-12-21(20)32-22)25(29)30(19(3)31)27(7,8)16-26(4,5)6/h9-15H,16H2,1-8H3. The number of imidazole rings is 1. The molecule has 3 heterocycles. The molecule has 0 fully saturated rings. The van der Waals surface area contributed by atoms with Crippen molar-refractivity contribution in [2.45, 2.75) is 67.3 Å². The second-order valence-corrected chi connectivity index (χ2v) is 10.7. The van der Waals surface area contributed by atoms with Crippen LogP contribution in [0.4, 0.5) is 5.82 Å². The molecule has 1 aromatic carbocycles. The van der Waals surface area contributed by atoms with Gasteiger partial charge in [-0.3, -0.25) is 14.1 Å². The molecule has 5 nitrogen and oxygen atoms in total. The first kappa shape index (κ1) is 22.1. The Morgan fingerprint density at radius 3 is 2.38 bits per heavy atom. The molecule has 168 valence electrons. The van der Waals surface area contributed by atoms with E-state index in [-0.39, 0.29) is 11.3 Å². The van der Waals surface area contributed by atoms with Crippen molar-refractivity contribution < 1.29 is 9.21 Å². The number of para-hydroxylation sites is 1. The molecule has 0 aliphatic carbocycles. The van der Waals surface area contributed by atoms with Crippen molar-refractivity contribution >= 4 is 28.3 Å². The number of carbonyl (C=O) groups is 1. The molecule has 0 bridgehead atoms. The van der Waals surface area contributed by atoms with Crippen LogP contribution in [-0.2, 0) is 4.79 Å². The molecular weight excluding hydrogens is 398 g/mol. The monoisotopic (exact) mass is 431 g/mol. The number of anilines is 1. The van der Waals surface area contributed by atoms with Gasteiger partial charge in [-0.05, 0) is 69.4 Å². The van der Waals surface area contributed by atoms with Gasteiger partial charge in [0.05, 0.1) is 0 Å². The van der Waals surface area contributed by atoms with Gasteiger partial charge in [0.1, 0.15) is 16.9 Å². The largest absolute Gasteiger partial charge is 0.454 e. The Labute approximate surface area is 190 Å². The summed E-state index contributed by atoms with van der Waals surface area (Å²) in [5, 5.41) is 1.02.